The third kappa shape index (κ3) is 9.15. The Labute approximate surface area is 392 Å². The Bertz CT molecular complexity index is 2960. The number of amides is 4. The number of carbonyl (C=O) groups is 4. The molecule has 4 aliphatic carbocycles. The summed E-state index contributed by atoms with van der Waals surface area (Å²) < 4.78 is 39.5. The number of rotatable bonds is 10. The molecule has 5 atom stereocenters. The first-order chi connectivity index (χ1) is 32.7. The first-order valence-corrected chi connectivity index (χ1v) is 23.2. The molecule has 4 N–H and O–H groups in total. The number of fused-ring (bicyclic) bond motifs is 2. The zero-order valence-electron chi connectivity index (χ0n) is 39.0. The molecule has 6 aliphatic rings. The van der Waals surface area contributed by atoms with Gasteiger partial charge in [-0.3, -0.25) is 9.59 Å². The van der Waals surface area contributed by atoms with E-state index in [-0.39, 0.29) is 37.3 Å². The first kappa shape index (κ1) is 46.0. The second-order valence-electron chi connectivity index (χ2n) is 18.8. The molecular formula is C52H56F2N8O6. The summed E-state index contributed by atoms with van der Waals surface area (Å²) in [5.74, 6) is -0.867. The molecule has 4 aromatic carbocycles. The highest BCUT2D eigenvalue weighted by Gasteiger charge is 2.42. The van der Waals surface area contributed by atoms with Gasteiger partial charge >= 0.3 is 12.2 Å². The maximum atomic E-state index is 15.1. The van der Waals surface area contributed by atoms with Crippen LogP contribution in [0.3, 0.4) is 0 Å². The molecule has 68 heavy (non-hydrogen) atoms. The molecule has 2 aromatic heterocycles. The Balaban J connectivity index is 0.953. The van der Waals surface area contributed by atoms with Crippen molar-refractivity contribution >= 4 is 46.1 Å². The van der Waals surface area contributed by atoms with Gasteiger partial charge in [0.2, 0.25) is 11.8 Å². The summed E-state index contributed by atoms with van der Waals surface area (Å²) in [6.45, 7) is 6.93. The molecular weight excluding hydrogens is 871 g/mol. The van der Waals surface area contributed by atoms with Crippen LogP contribution in [0.1, 0.15) is 80.1 Å². The van der Waals surface area contributed by atoms with E-state index in [2.05, 4.69) is 81.3 Å². The average molecular weight is 927 g/mol. The molecule has 4 bridgehead atoms. The number of alkyl halides is 1. The quantitative estimate of drug-likeness (QED) is 0.106. The van der Waals surface area contributed by atoms with Crippen LogP contribution in [-0.4, -0.2) is 99.3 Å². The summed E-state index contributed by atoms with van der Waals surface area (Å²) >= 11 is 0. The maximum Gasteiger partial charge on any atom is 0.407 e. The minimum atomic E-state index is -1.24. The summed E-state index contributed by atoms with van der Waals surface area (Å²) in [5, 5.41) is 5.22. The number of imidazole rings is 2. The highest BCUT2D eigenvalue weighted by molar-refractivity contribution is 5.89. The predicted octanol–water partition coefficient (Wildman–Crippen LogP) is 8.77. The number of hydrogen-bond acceptors (Lipinski definition) is 8. The molecule has 12 rings (SSSR count). The van der Waals surface area contributed by atoms with Gasteiger partial charge in [-0.1, -0.05) is 76.2 Å². The lowest BCUT2D eigenvalue weighted by atomic mass is 9.87. The predicted molar refractivity (Wildman–Crippen MR) is 254 cm³/mol. The number of aromatic nitrogens is 4. The molecule has 354 valence electrons. The van der Waals surface area contributed by atoms with Gasteiger partial charge in [0.25, 0.3) is 0 Å². The van der Waals surface area contributed by atoms with Gasteiger partial charge < -0.3 is 39.9 Å². The number of carbonyl (C=O) groups excluding carboxylic acids is 4. The fraction of sp³-hybridized carbons (Fsp3) is 0.385. The third-order valence-corrected chi connectivity index (χ3v) is 13.5. The van der Waals surface area contributed by atoms with E-state index in [0.29, 0.717) is 22.7 Å². The lowest BCUT2D eigenvalue weighted by molar-refractivity contribution is -0.136. The topological polar surface area (TPSA) is 175 Å². The number of aryl methyl sites for hydroxylation is 4. The van der Waals surface area contributed by atoms with Crippen LogP contribution in [0.15, 0.2) is 84.7 Å². The first-order valence-electron chi connectivity index (χ1n) is 23.2. The number of nitrogens with zero attached hydrogens (tertiary/aromatic N) is 4. The minimum Gasteiger partial charge on any atom is -0.453 e. The number of methoxy groups -OCH3 is 2. The Kier molecular flexibility index (Phi) is 12.8. The van der Waals surface area contributed by atoms with Gasteiger partial charge in [-0.05, 0) is 112 Å². The number of likely N-dealkylation sites (tertiary alicyclic amines) is 1. The van der Waals surface area contributed by atoms with Gasteiger partial charge in [0, 0.05) is 6.42 Å². The number of halogens is 2. The second-order valence-corrected chi connectivity index (χ2v) is 18.8. The van der Waals surface area contributed by atoms with Gasteiger partial charge in [0.05, 0.1) is 55.4 Å². The number of H-pyrrole nitrogens is 2. The SMILES string of the molecule is COC(=O)N[C@H](C(=O)N1CC(F)=C[C@H]1c1nc2ccc(-c3cc4ccc3CCc3ccc(c(-c5ccc6nc([C@@H]7C[C@@H](F)CN7C(=O)[C@@H](NC(=O)OC)C(C)C)[nH]c6c5)c3)CC4)cc2[nH]1)C(C)C. The number of alkyl carbamates (subject to hydrolysis) is 2. The number of nitrogens with one attached hydrogen (secondary N) is 4. The Hall–Kier alpha value is -7.10. The van der Waals surface area contributed by atoms with Crippen LogP contribution in [0.25, 0.3) is 44.3 Å². The summed E-state index contributed by atoms with van der Waals surface area (Å²) in [4.78, 5) is 71.0. The Morgan fingerprint density at radius 1 is 0.676 bits per heavy atom. The fourth-order valence-corrected chi connectivity index (χ4v) is 9.84. The monoisotopic (exact) mass is 926 g/mol. The van der Waals surface area contributed by atoms with Gasteiger partial charge in [-0.2, -0.15) is 0 Å². The van der Waals surface area contributed by atoms with Crippen LogP contribution >= 0.6 is 0 Å². The highest BCUT2D eigenvalue weighted by Crippen LogP contribution is 2.38. The van der Waals surface area contributed by atoms with Crippen molar-refractivity contribution in [3.05, 3.63) is 119 Å². The third-order valence-electron chi connectivity index (χ3n) is 13.5. The molecule has 0 saturated carbocycles. The lowest BCUT2D eigenvalue weighted by Gasteiger charge is -2.29. The standard InChI is InChI=1S/C52H56F2N8O6/c1-27(2)45(59-51(65)67-5)49(63)61-25-35(53)23-43(61)47-55-39-17-15-33(21-41(39)57-47)37-19-29-7-11-31(37)13-9-30-8-12-32(14-10-29)38(20-30)34-16-18-40-42(22-34)58-48(56-40)44-24-36(54)26-62(44)50(64)46(28(3)4)60-52(66)68-6/h7-8,11-12,15-23,27-28,36,43-46H,9-10,13-14,24-26H2,1-6H3,(H,55,57)(H,56,58)(H,59,65)(H,60,66)/t36-,43+,44+,45+,46+/m1/s1. The Morgan fingerprint density at radius 2 is 1.18 bits per heavy atom. The molecule has 4 amide bonds. The molecule has 1 saturated heterocycles. The van der Waals surface area contributed by atoms with Gasteiger partial charge in [0.15, 0.2) is 0 Å². The average Bonchev–Trinajstić information content (AvgIpc) is 4.13. The van der Waals surface area contributed by atoms with Crippen molar-refractivity contribution in [3.63, 3.8) is 0 Å². The highest BCUT2D eigenvalue weighted by atomic mass is 19.1. The van der Waals surface area contributed by atoms with E-state index in [9.17, 15) is 23.6 Å². The van der Waals surface area contributed by atoms with Gasteiger partial charge in [-0.15, -0.1) is 0 Å². The van der Waals surface area contributed by atoms with Crippen molar-refractivity contribution in [2.24, 2.45) is 11.8 Å². The van der Waals surface area contributed by atoms with Crippen molar-refractivity contribution in [2.45, 2.75) is 90.1 Å². The number of benzene rings is 4. The lowest BCUT2D eigenvalue weighted by Crippen LogP contribution is -2.51. The molecule has 4 heterocycles. The van der Waals surface area contributed by atoms with Crippen LogP contribution < -0.4 is 10.6 Å². The molecule has 2 aliphatic heterocycles. The van der Waals surface area contributed by atoms with E-state index in [1.165, 1.54) is 52.3 Å². The molecule has 1 fully saturated rings. The van der Waals surface area contributed by atoms with E-state index in [1.807, 2.05) is 26.0 Å². The molecule has 0 spiro atoms. The maximum absolute atomic E-state index is 15.1. The number of ether oxygens (including phenoxy) is 2. The van der Waals surface area contributed by atoms with Crippen molar-refractivity contribution in [1.82, 2.24) is 40.4 Å². The van der Waals surface area contributed by atoms with E-state index < -0.39 is 54.3 Å². The van der Waals surface area contributed by atoms with Crippen LogP contribution in [0, 0.1) is 11.8 Å². The van der Waals surface area contributed by atoms with Crippen LogP contribution in [-0.2, 0) is 44.7 Å². The van der Waals surface area contributed by atoms with E-state index in [4.69, 9.17) is 19.4 Å². The Morgan fingerprint density at radius 3 is 1.69 bits per heavy atom. The fourth-order valence-electron chi connectivity index (χ4n) is 9.84. The van der Waals surface area contributed by atoms with E-state index in [0.717, 1.165) is 59.0 Å². The molecule has 16 heteroatoms. The molecule has 0 unspecified atom stereocenters. The summed E-state index contributed by atoms with van der Waals surface area (Å²) in [5.41, 5.74) is 12.0. The smallest absolute Gasteiger partial charge is 0.407 e. The largest absolute Gasteiger partial charge is 0.453 e. The van der Waals surface area contributed by atoms with E-state index >= 15 is 4.39 Å². The number of hydrogen-bond donors (Lipinski definition) is 4. The number of aromatic amines is 2. The normalized spacial score (nSPS) is 19.0. The second kappa shape index (κ2) is 18.9. The van der Waals surface area contributed by atoms with Gasteiger partial charge in [-0.25, -0.2) is 28.3 Å². The molecule has 14 nitrogen and oxygen atoms in total. The summed E-state index contributed by atoms with van der Waals surface area (Å²) in [6, 6.07) is 22.3. The van der Waals surface area contributed by atoms with Crippen molar-refractivity contribution < 1.29 is 37.4 Å². The van der Waals surface area contributed by atoms with Crippen LogP contribution in [0.2, 0.25) is 0 Å². The minimum absolute atomic E-state index is 0.0937. The van der Waals surface area contributed by atoms with Crippen molar-refractivity contribution in [1.29, 1.82) is 0 Å². The summed E-state index contributed by atoms with van der Waals surface area (Å²) in [7, 11) is 2.47. The zero-order chi connectivity index (χ0) is 48.0. The van der Waals surface area contributed by atoms with Crippen molar-refractivity contribution in [3.8, 4) is 22.3 Å². The molecule has 6 aromatic rings. The van der Waals surface area contributed by atoms with Crippen LogP contribution in [0.5, 0.6) is 0 Å². The van der Waals surface area contributed by atoms with Crippen molar-refractivity contribution in [2.75, 3.05) is 27.3 Å². The van der Waals surface area contributed by atoms with E-state index in [1.54, 1.807) is 13.8 Å². The zero-order valence-corrected chi connectivity index (χ0v) is 39.0. The summed E-state index contributed by atoms with van der Waals surface area (Å²) in [6.07, 6.45) is 1.92. The van der Waals surface area contributed by atoms with Crippen LogP contribution in [0.4, 0.5) is 18.4 Å². The molecule has 0 radical (unpaired) electrons. The van der Waals surface area contributed by atoms with Gasteiger partial charge in [0.1, 0.15) is 41.8 Å².